The van der Waals surface area contributed by atoms with E-state index in [2.05, 4.69) is 20.8 Å². The molecular weight excluding hydrogens is 404 g/mol. The SMILES string of the molecule is CCc1noc(-c2ccc(C)c(NC(=O)C3(S(C)(=O)=O)CCNCC3)c2)n1.Cl. The molecule has 3 rings (SSSR count). The molecule has 154 valence electrons. The monoisotopic (exact) mass is 428 g/mol. The fraction of sp³-hybridized carbons (Fsp3) is 0.500. The first kappa shape index (κ1) is 22.3. The van der Waals surface area contributed by atoms with E-state index in [0.29, 0.717) is 42.5 Å². The number of nitrogens with one attached hydrogen (secondary N) is 2. The highest BCUT2D eigenvalue weighted by Crippen LogP contribution is 2.31. The molecule has 1 saturated heterocycles. The number of sulfone groups is 1. The predicted molar refractivity (Wildman–Crippen MR) is 109 cm³/mol. The molecule has 8 nitrogen and oxygen atoms in total. The molecule has 10 heteroatoms. The molecule has 1 amide bonds. The molecule has 1 aliphatic heterocycles. The van der Waals surface area contributed by atoms with Crippen LogP contribution in [0.15, 0.2) is 22.7 Å². The fourth-order valence-corrected chi connectivity index (χ4v) is 4.57. The summed E-state index contributed by atoms with van der Waals surface area (Å²) in [7, 11) is -3.57. The van der Waals surface area contributed by atoms with Crippen LogP contribution in [-0.2, 0) is 21.1 Å². The molecule has 0 spiro atoms. The van der Waals surface area contributed by atoms with Crippen LogP contribution in [0.25, 0.3) is 11.5 Å². The Kier molecular flexibility index (Phi) is 6.84. The Labute approximate surface area is 170 Å². The van der Waals surface area contributed by atoms with Crippen molar-refractivity contribution in [2.75, 3.05) is 24.7 Å². The second kappa shape index (κ2) is 8.59. The van der Waals surface area contributed by atoms with Crippen LogP contribution in [0.1, 0.15) is 31.2 Å². The van der Waals surface area contributed by atoms with Crippen molar-refractivity contribution in [3.8, 4) is 11.5 Å². The number of aryl methyl sites for hydroxylation is 2. The van der Waals surface area contributed by atoms with Crippen LogP contribution in [0.3, 0.4) is 0 Å². The minimum atomic E-state index is -3.57. The predicted octanol–water partition coefficient (Wildman–Crippen LogP) is 2.13. The van der Waals surface area contributed by atoms with Gasteiger partial charge in [-0.1, -0.05) is 18.1 Å². The van der Waals surface area contributed by atoms with Crippen LogP contribution in [0.2, 0.25) is 0 Å². The molecule has 1 fully saturated rings. The Balaban J connectivity index is 0.00000280. The number of benzene rings is 1. The number of carbonyl (C=O) groups excluding carboxylic acids is 1. The molecule has 1 aromatic carbocycles. The van der Waals surface area contributed by atoms with Crippen LogP contribution < -0.4 is 10.6 Å². The van der Waals surface area contributed by atoms with Gasteiger partial charge in [-0.15, -0.1) is 12.4 Å². The van der Waals surface area contributed by atoms with Crippen molar-refractivity contribution in [1.29, 1.82) is 0 Å². The van der Waals surface area contributed by atoms with Crippen LogP contribution in [0.4, 0.5) is 5.69 Å². The van der Waals surface area contributed by atoms with Gasteiger partial charge in [0.15, 0.2) is 20.4 Å². The molecule has 0 radical (unpaired) electrons. The van der Waals surface area contributed by atoms with Gasteiger partial charge < -0.3 is 15.2 Å². The maximum atomic E-state index is 13.0. The third-order valence-corrected chi connectivity index (χ3v) is 7.07. The Morgan fingerprint density at radius 3 is 2.57 bits per heavy atom. The van der Waals surface area contributed by atoms with E-state index >= 15 is 0 Å². The van der Waals surface area contributed by atoms with E-state index in [1.165, 1.54) is 0 Å². The summed E-state index contributed by atoms with van der Waals surface area (Å²) in [4.78, 5) is 17.3. The summed E-state index contributed by atoms with van der Waals surface area (Å²) in [5.74, 6) is 0.468. The standard InChI is InChI=1S/C18H24N4O4S.ClH/c1-4-15-21-16(26-22-15)13-6-5-12(2)14(11-13)20-17(23)18(27(3,24)25)7-9-19-10-8-18;/h5-6,11,19H,4,7-10H2,1-3H3,(H,20,23);1H. The summed E-state index contributed by atoms with van der Waals surface area (Å²) in [6.07, 6.45) is 2.29. The summed E-state index contributed by atoms with van der Waals surface area (Å²) in [6.45, 7) is 4.75. The molecule has 0 unspecified atom stereocenters. The van der Waals surface area contributed by atoms with Gasteiger partial charge >= 0.3 is 0 Å². The molecule has 1 aliphatic rings. The number of anilines is 1. The lowest BCUT2D eigenvalue weighted by Gasteiger charge is -2.34. The maximum absolute atomic E-state index is 13.0. The zero-order chi connectivity index (χ0) is 19.7. The minimum Gasteiger partial charge on any atom is -0.334 e. The first-order chi connectivity index (χ1) is 12.8. The number of hydrogen-bond donors (Lipinski definition) is 2. The molecule has 2 aromatic rings. The maximum Gasteiger partial charge on any atom is 0.257 e. The summed E-state index contributed by atoms with van der Waals surface area (Å²) >= 11 is 0. The van der Waals surface area contributed by atoms with Crippen molar-refractivity contribution in [1.82, 2.24) is 15.5 Å². The third kappa shape index (κ3) is 4.21. The molecule has 28 heavy (non-hydrogen) atoms. The van der Waals surface area contributed by atoms with Crippen molar-refractivity contribution in [3.05, 3.63) is 29.6 Å². The van der Waals surface area contributed by atoms with Gasteiger partial charge in [-0.05, 0) is 50.6 Å². The van der Waals surface area contributed by atoms with Crippen LogP contribution in [0, 0.1) is 6.92 Å². The van der Waals surface area contributed by atoms with E-state index in [4.69, 9.17) is 4.52 Å². The van der Waals surface area contributed by atoms with Gasteiger partial charge in [-0.2, -0.15) is 4.98 Å². The topological polar surface area (TPSA) is 114 Å². The molecule has 1 aromatic heterocycles. The second-order valence-corrected chi connectivity index (χ2v) is 9.20. The average Bonchev–Trinajstić information content (AvgIpc) is 3.12. The van der Waals surface area contributed by atoms with E-state index in [0.717, 1.165) is 11.8 Å². The summed E-state index contributed by atoms with van der Waals surface area (Å²) in [6, 6.07) is 5.39. The number of carbonyl (C=O) groups is 1. The van der Waals surface area contributed by atoms with Gasteiger partial charge in [-0.25, -0.2) is 8.42 Å². The fourth-order valence-electron chi connectivity index (χ4n) is 3.24. The Morgan fingerprint density at radius 2 is 2.00 bits per heavy atom. The molecule has 2 N–H and O–H groups in total. The molecule has 0 aliphatic carbocycles. The van der Waals surface area contributed by atoms with Crippen LogP contribution in [0.5, 0.6) is 0 Å². The van der Waals surface area contributed by atoms with Gasteiger partial charge in [0.25, 0.3) is 5.89 Å². The molecule has 0 atom stereocenters. The lowest BCUT2D eigenvalue weighted by molar-refractivity contribution is -0.119. The first-order valence-electron chi connectivity index (χ1n) is 8.92. The van der Waals surface area contributed by atoms with E-state index < -0.39 is 20.5 Å². The van der Waals surface area contributed by atoms with Crippen molar-refractivity contribution in [2.24, 2.45) is 0 Å². The number of hydrogen-bond acceptors (Lipinski definition) is 7. The lowest BCUT2D eigenvalue weighted by atomic mass is 9.95. The van der Waals surface area contributed by atoms with Gasteiger partial charge in [0.1, 0.15) is 0 Å². The van der Waals surface area contributed by atoms with E-state index in [1.807, 2.05) is 26.0 Å². The molecule has 0 saturated carbocycles. The number of piperidine rings is 1. The van der Waals surface area contributed by atoms with Crippen molar-refractivity contribution in [3.63, 3.8) is 0 Å². The first-order valence-corrected chi connectivity index (χ1v) is 10.8. The van der Waals surface area contributed by atoms with E-state index in [-0.39, 0.29) is 25.2 Å². The number of amides is 1. The summed E-state index contributed by atoms with van der Waals surface area (Å²) in [5, 5.41) is 9.81. The van der Waals surface area contributed by atoms with Crippen molar-refractivity contribution in [2.45, 2.75) is 37.9 Å². The van der Waals surface area contributed by atoms with Crippen LogP contribution >= 0.6 is 12.4 Å². The molecule has 0 bridgehead atoms. The highest BCUT2D eigenvalue weighted by molar-refractivity contribution is 7.92. The highest BCUT2D eigenvalue weighted by atomic mass is 35.5. The smallest absolute Gasteiger partial charge is 0.257 e. The van der Waals surface area contributed by atoms with Crippen LogP contribution in [-0.4, -0.2) is 48.6 Å². The molecule has 2 heterocycles. The lowest BCUT2D eigenvalue weighted by Crippen LogP contribution is -2.55. The number of halogens is 1. The Morgan fingerprint density at radius 1 is 1.32 bits per heavy atom. The number of rotatable bonds is 5. The number of nitrogens with zero attached hydrogens (tertiary/aromatic N) is 2. The third-order valence-electron chi connectivity index (χ3n) is 5.05. The average molecular weight is 429 g/mol. The zero-order valence-corrected chi connectivity index (χ0v) is 17.7. The summed E-state index contributed by atoms with van der Waals surface area (Å²) < 4.78 is 28.7. The van der Waals surface area contributed by atoms with Gasteiger partial charge in [0.2, 0.25) is 5.91 Å². The van der Waals surface area contributed by atoms with Gasteiger partial charge in [0.05, 0.1) is 0 Å². The molecular formula is C18H25ClN4O4S. The van der Waals surface area contributed by atoms with E-state index in [9.17, 15) is 13.2 Å². The highest BCUT2D eigenvalue weighted by Gasteiger charge is 2.48. The largest absolute Gasteiger partial charge is 0.334 e. The second-order valence-electron chi connectivity index (χ2n) is 6.87. The van der Waals surface area contributed by atoms with Crippen molar-refractivity contribution >= 4 is 33.8 Å². The Bertz CT molecular complexity index is 952. The minimum absolute atomic E-state index is 0. The summed E-state index contributed by atoms with van der Waals surface area (Å²) in [5.41, 5.74) is 2.03. The Hall–Kier alpha value is -1.97. The number of aromatic nitrogens is 2. The van der Waals surface area contributed by atoms with Crippen molar-refractivity contribution < 1.29 is 17.7 Å². The normalized spacial score (nSPS) is 16.2. The zero-order valence-electron chi connectivity index (χ0n) is 16.1. The van der Waals surface area contributed by atoms with E-state index in [1.54, 1.807) is 6.07 Å². The van der Waals surface area contributed by atoms with Gasteiger partial charge in [0, 0.05) is 23.9 Å². The quantitative estimate of drug-likeness (QED) is 0.749. The van der Waals surface area contributed by atoms with Gasteiger partial charge in [-0.3, -0.25) is 4.79 Å².